The van der Waals surface area contributed by atoms with Crippen molar-refractivity contribution in [2.45, 2.75) is 45.7 Å². The molecule has 0 aliphatic heterocycles. The van der Waals surface area contributed by atoms with E-state index in [0.717, 1.165) is 31.4 Å². The van der Waals surface area contributed by atoms with Crippen molar-refractivity contribution in [1.29, 1.82) is 0 Å². The summed E-state index contributed by atoms with van der Waals surface area (Å²) in [6.07, 6.45) is 5.01. The molecule has 0 unspecified atom stereocenters. The van der Waals surface area contributed by atoms with Gasteiger partial charge in [-0.15, -0.1) is 0 Å². The molecule has 116 valence electrons. The third kappa shape index (κ3) is 4.92. The van der Waals surface area contributed by atoms with E-state index in [4.69, 9.17) is 4.74 Å². The Balaban J connectivity index is 1.86. The lowest BCUT2D eigenvalue weighted by Crippen LogP contribution is -2.41. The summed E-state index contributed by atoms with van der Waals surface area (Å²) in [5.74, 6) is 1.18. The van der Waals surface area contributed by atoms with Crippen molar-refractivity contribution in [2.75, 3.05) is 13.7 Å². The van der Waals surface area contributed by atoms with E-state index in [2.05, 4.69) is 24.1 Å². The SMILES string of the molecule is COc1cc(CNC(=O)N(CCC(C)C)C2CC2)ccn1. The third-order valence-corrected chi connectivity index (χ3v) is 3.65. The van der Waals surface area contributed by atoms with Gasteiger partial charge in [0.05, 0.1) is 7.11 Å². The molecule has 1 aliphatic carbocycles. The summed E-state index contributed by atoms with van der Waals surface area (Å²) in [6, 6.07) is 4.21. The molecule has 0 bridgehead atoms. The number of nitrogens with zero attached hydrogens (tertiary/aromatic N) is 2. The number of nitrogens with one attached hydrogen (secondary N) is 1. The monoisotopic (exact) mass is 291 g/mol. The summed E-state index contributed by atoms with van der Waals surface area (Å²) in [7, 11) is 1.59. The summed E-state index contributed by atoms with van der Waals surface area (Å²) < 4.78 is 5.09. The van der Waals surface area contributed by atoms with Crippen molar-refractivity contribution in [3.8, 4) is 5.88 Å². The first-order valence-electron chi connectivity index (χ1n) is 7.63. The van der Waals surface area contributed by atoms with Crippen LogP contribution >= 0.6 is 0 Å². The Bertz CT molecular complexity index is 472. The Morgan fingerprint density at radius 1 is 1.52 bits per heavy atom. The van der Waals surface area contributed by atoms with Gasteiger partial charge in [0.2, 0.25) is 5.88 Å². The van der Waals surface area contributed by atoms with Crippen LogP contribution in [-0.2, 0) is 6.54 Å². The van der Waals surface area contributed by atoms with Crippen LogP contribution in [0, 0.1) is 5.92 Å². The van der Waals surface area contributed by atoms with Crippen LogP contribution in [0.1, 0.15) is 38.7 Å². The zero-order valence-corrected chi connectivity index (χ0v) is 13.1. The van der Waals surface area contributed by atoms with Gasteiger partial charge in [0.15, 0.2) is 0 Å². The molecular weight excluding hydrogens is 266 g/mol. The van der Waals surface area contributed by atoms with Gasteiger partial charge in [-0.05, 0) is 36.8 Å². The van der Waals surface area contributed by atoms with Gasteiger partial charge in [0, 0.05) is 31.4 Å². The van der Waals surface area contributed by atoms with Gasteiger partial charge in [-0.2, -0.15) is 0 Å². The zero-order chi connectivity index (χ0) is 15.2. The van der Waals surface area contributed by atoms with E-state index in [1.807, 2.05) is 17.0 Å². The number of carbonyl (C=O) groups is 1. The average Bonchev–Trinajstić information content (AvgIpc) is 3.30. The summed E-state index contributed by atoms with van der Waals surface area (Å²) in [5.41, 5.74) is 0.995. The summed E-state index contributed by atoms with van der Waals surface area (Å²) in [6.45, 7) is 5.72. The largest absolute Gasteiger partial charge is 0.481 e. The molecule has 1 saturated carbocycles. The number of carbonyl (C=O) groups excluding carboxylic acids is 1. The van der Waals surface area contributed by atoms with E-state index in [9.17, 15) is 4.79 Å². The molecule has 1 aromatic heterocycles. The van der Waals surface area contributed by atoms with Gasteiger partial charge in [-0.3, -0.25) is 0 Å². The highest BCUT2D eigenvalue weighted by Gasteiger charge is 2.32. The molecule has 0 saturated heterocycles. The highest BCUT2D eigenvalue weighted by molar-refractivity contribution is 5.74. The molecule has 5 nitrogen and oxygen atoms in total. The van der Waals surface area contributed by atoms with Crippen molar-refractivity contribution in [1.82, 2.24) is 15.2 Å². The highest BCUT2D eigenvalue weighted by atomic mass is 16.5. The van der Waals surface area contributed by atoms with Crippen LogP contribution in [0.25, 0.3) is 0 Å². The maximum atomic E-state index is 12.3. The van der Waals surface area contributed by atoms with Gasteiger partial charge in [-0.25, -0.2) is 9.78 Å². The zero-order valence-electron chi connectivity index (χ0n) is 13.1. The number of methoxy groups -OCH3 is 1. The molecule has 1 fully saturated rings. The van der Waals surface area contributed by atoms with Gasteiger partial charge < -0.3 is 15.0 Å². The maximum Gasteiger partial charge on any atom is 0.317 e. The Kier molecular flexibility index (Phi) is 5.42. The molecule has 2 rings (SSSR count). The number of hydrogen-bond acceptors (Lipinski definition) is 3. The van der Waals surface area contributed by atoms with Crippen molar-refractivity contribution in [3.05, 3.63) is 23.9 Å². The third-order valence-electron chi connectivity index (χ3n) is 3.65. The minimum atomic E-state index is 0.0360. The summed E-state index contributed by atoms with van der Waals surface area (Å²) in [4.78, 5) is 18.4. The van der Waals surface area contributed by atoms with E-state index in [-0.39, 0.29) is 6.03 Å². The molecular formula is C16H25N3O2. The standard InChI is InChI=1S/C16H25N3O2/c1-12(2)7-9-19(14-4-5-14)16(20)18-11-13-6-8-17-15(10-13)21-3/h6,8,10,12,14H,4-5,7,9,11H2,1-3H3,(H,18,20). The van der Waals surface area contributed by atoms with Crippen LogP contribution in [0.4, 0.5) is 4.79 Å². The molecule has 1 N–H and O–H groups in total. The molecule has 2 amide bonds. The Morgan fingerprint density at radius 2 is 2.29 bits per heavy atom. The lowest BCUT2D eigenvalue weighted by Gasteiger charge is -2.23. The average molecular weight is 291 g/mol. The van der Waals surface area contributed by atoms with E-state index in [0.29, 0.717) is 24.4 Å². The van der Waals surface area contributed by atoms with E-state index in [1.165, 1.54) is 0 Å². The molecule has 0 atom stereocenters. The second kappa shape index (κ2) is 7.29. The lowest BCUT2D eigenvalue weighted by molar-refractivity contribution is 0.191. The van der Waals surface area contributed by atoms with Crippen LogP contribution in [0.2, 0.25) is 0 Å². The first-order valence-corrected chi connectivity index (χ1v) is 7.63. The molecule has 5 heteroatoms. The number of aromatic nitrogens is 1. The fraction of sp³-hybridized carbons (Fsp3) is 0.625. The molecule has 0 radical (unpaired) electrons. The van der Waals surface area contributed by atoms with Crippen LogP contribution in [0.3, 0.4) is 0 Å². The first-order chi connectivity index (χ1) is 10.1. The maximum absolute atomic E-state index is 12.3. The topological polar surface area (TPSA) is 54.5 Å². The van der Waals surface area contributed by atoms with E-state index in [1.54, 1.807) is 13.3 Å². The van der Waals surface area contributed by atoms with Crippen molar-refractivity contribution < 1.29 is 9.53 Å². The predicted octanol–water partition coefficient (Wildman–Crippen LogP) is 2.81. The quantitative estimate of drug-likeness (QED) is 0.840. The van der Waals surface area contributed by atoms with Gasteiger partial charge >= 0.3 is 6.03 Å². The number of amides is 2. The van der Waals surface area contributed by atoms with Crippen LogP contribution < -0.4 is 10.1 Å². The fourth-order valence-electron chi connectivity index (χ4n) is 2.18. The van der Waals surface area contributed by atoms with Crippen molar-refractivity contribution >= 4 is 6.03 Å². The Hall–Kier alpha value is -1.78. The molecule has 0 spiro atoms. The Morgan fingerprint density at radius 3 is 2.90 bits per heavy atom. The van der Waals surface area contributed by atoms with Crippen LogP contribution in [0.15, 0.2) is 18.3 Å². The van der Waals surface area contributed by atoms with Gasteiger partial charge in [0.1, 0.15) is 0 Å². The number of hydrogen-bond donors (Lipinski definition) is 1. The van der Waals surface area contributed by atoms with Crippen molar-refractivity contribution in [3.63, 3.8) is 0 Å². The normalized spacial score (nSPS) is 14.1. The van der Waals surface area contributed by atoms with Crippen molar-refractivity contribution in [2.24, 2.45) is 5.92 Å². The number of rotatable bonds is 7. The molecule has 1 heterocycles. The molecule has 1 aromatic rings. The summed E-state index contributed by atoms with van der Waals surface area (Å²) >= 11 is 0. The molecule has 0 aromatic carbocycles. The molecule has 1 aliphatic rings. The summed E-state index contributed by atoms with van der Waals surface area (Å²) in [5, 5.41) is 3.00. The van der Waals surface area contributed by atoms with Crippen LogP contribution in [0.5, 0.6) is 5.88 Å². The van der Waals surface area contributed by atoms with Gasteiger partial charge in [-0.1, -0.05) is 13.8 Å². The number of ether oxygens (including phenoxy) is 1. The van der Waals surface area contributed by atoms with E-state index < -0.39 is 0 Å². The van der Waals surface area contributed by atoms with E-state index >= 15 is 0 Å². The predicted molar refractivity (Wildman–Crippen MR) is 82.2 cm³/mol. The molecule has 21 heavy (non-hydrogen) atoms. The minimum Gasteiger partial charge on any atom is -0.481 e. The lowest BCUT2D eigenvalue weighted by atomic mass is 10.1. The second-order valence-corrected chi connectivity index (χ2v) is 5.97. The fourth-order valence-corrected chi connectivity index (χ4v) is 2.18. The Labute approximate surface area is 126 Å². The number of urea groups is 1. The highest BCUT2D eigenvalue weighted by Crippen LogP contribution is 2.27. The smallest absolute Gasteiger partial charge is 0.317 e. The van der Waals surface area contributed by atoms with Gasteiger partial charge in [0.25, 0.3) is 0 Å². The number of pyridine rings is 1. The second-order valence-electron chi connectivity index (χ2n) is 5.97. The minimum absolute atomic E-state index is 0.0360. The van der Waals surface area contributed by atoms with Crippen LogP contribution in [-0.4, -0.2) is 35.6 Å². The first kappa shape index (κ1) is 15.6.